The zero-order chi connectivity index (χ0) is 20.4. The molecular formula is C20H19Cl2N5OS. The Morgan fingerprint density at radius 1 is 1.28 bits per heavy atom. The first-order chi connectivity index (χ1) is 14.0. The van der Waals surface area contributed by atoms with Crippen LogP contribution in [0.3, 0.4) is 0 Å². The lowest BCUT2D eigenvalue weighted by atomic mass is 10.2. The summed E-state index contributed by atoms with van der Waals surface area (Å²) in [6.07, 6.45) is 4.48. The van der Waals surface area contributed by atoms with Gasteiger partial charge in [0.1, 0.15) is 4.83 Å². The van der Waals surface area contributed by atoms with Gasteiger partial charge in [0.05, 0.1) is 17.1 Å². The SMILES string of the molecule is Cc1nn(Cc2ccc(Cl)cc2Cl)c2sc(C(=O)NCCCn3cccn3)cc12. The number of aromatic nitrogens is 4. The van der Waals surface area contributed by atoms with E-state index >= 15 is 0 Å². The number of thiophene rings is 1. The van der Waals surface area contributed by atoms with Gasteiger partial charge in [0.25, 0.3) is 5.91 Å². The van der Waals surface area contributed by atoms with Crippen molar-refractivity contribution >= 4 is 50.7 Å². The van der Waals surface area contributed by atoms with Gasteiger partial charge in [-0.2, -0.15) is 10.2 Å². The summed E-state index contributed by atoms with van der Waals surface area (Å²) < 4.78 is 3.74. The maximum Gasteiger partial charge on any atom is 0.261 e. The molecule has 29 heavy (non-hydrogen) atoms. The fourth-order valence-electron chi connectivity index (χ4n) is 3.11. The maximum atomic E-state index is 12.6. The Bertz CT molecular complexity index is 1150. The van der Waals surface area contributed by atoms with Crippen LogP contribution in [-0.2, 0) is 13.1 Å². The van der Waals surface area contributed by atoms with Crippen molar-refractivity contribution in [3.8, 4) is 0 Å². The van der Waals surface area contributed by atoms with Crippen molar-refractivity contribution in [2.75, 3.05) is 6.54 Å². The summed E-state index contributed by atoms with van der Waals surface area (Å²) >= 11 is 13.7. The highest BCUT2D eigenvalue weighted by atomic mass is 35.5. The number of carbonyl (C=O) groups excluding carboxylic acids is 1. The van der Waals surface area contributed by atoms with Crippen molar-refractivity contribution in [2.24, 2.45) is 0 Å². The molecule has 0 saturated heterocycles. The molecular weight excluding hydrogens is 429 g/mol. The molecule has 0 aliphatic carbocycles. The standard InChI is InChI=1S/C20H19Cl2N5OS/c1-13-16-11-18(19(28)23-6-2-8-26-9-3-7-24-26)29-20(16)27(25-13)12-14-4-5-15(21)10-17(14)22/h3-5,7,9-11H,2,6,8,12H2,1H3,(H,23,28). The Morgan fingerprint density at radius 3 is 2.90 bits per heavy atom. The van der Waals surface area contributed by atoms with Crippen molar-refractivity contribution < 1.29 is 4.79 Å². The minimum atomic E-state index is -0.0675. The molecule has 0 bridgehead atoms. The van der Waals surface area contributed by atoms with Crippen molar-refractivity contribution in [1.29, 1.82) is 0 Å². The fraction of sp³-hybridized carbons (Fsp3) is 0.250. The minimum absolute atomic E-state index is 0.0675. The Kier molecular flexibility index (Phi) is 5.89. The van der Waals surface area contributed by atoms with Gasteiger partial charge in [-0.25, -0.2) is 0 Å². The molecule has 0 saturated carbocycles. The first-order valence-electron chi connectivity index (χ1n) is 9.18. The number of fused-ring (bicyclic) bond motifs is 1. The van der Waals surface area contributed by atoms with Gasteiger partial charge < -0.3 is 5.32 Å². The van der Waals surface area contributed by atoms with Crippen LogP contribution in [0.15, 0.2) is 42.7 Å². The predicted octanol–water partition coefficient (Wildman–Crippen LogP) is 4.78. The Balaban J connectivity index is 1.46. The number of benzene rings is 1. The molecule has 1 aromatic carbocycles. The molecule has 0 spiro atoms. The lowest BCUT2D eigenvalue weighted by Crippen LogP contribution is -2.24. The van der Waals surface area contributed by atoms with Gasteiger partial charge in [-0.05, 0) is 43.2 Å². The first kappa shape index (κ1) is 19.9. The molecule has 4 aromatic rings. The average molecular weight is 448 g/mol. The number of amides is 1. The highest BCUT2D eigenvalue weighted by molar-refractivity contribution is 7.20. The highest BCUT2D eigenvalue weighted by Gasteiger charge is 2.17. The van der Waals surface area contributed by atoms with Crippen LogP contribution in [0.25, 0.3) is 10.2 Å². The van der Waals surface area contributed by atoms with Gasteiger partial charge in [0, 0.05) is 40.9 Å². The van der Waals surface area contributed by atoms with Gasteiger partial charge in [-0.1, -0.05) is 29.3 Å². The first-order valence-corrected chi connectivity index (χ1v) is 10.7. The monoisotopic (exact) mass is 447 g/mol. The molecule has 0 atom stereocenters. The van der Waals surface area contributed by atoms with Gasteiger partial charge >= 0.3 is 0 Å². The predicted molar refractivity (Wildman–Crippen MR) is 117 cm³/mol. The second-order valence-electron chi connectivity index (χ2n) is 6.69. The fourth-order valence-corrected chi connectivity index (χ4v) is 4.65. The van der Waals surface area contributed by atoms with Gasteiger partial charge in [-0.15, -0.1) is 11.3 Å². The molecule has 3 heterocycles. The lowest BCUT2D eigenvalue weighted by molar-refractivity contribution is 0.0956. The van der Waals surface area contributed by atoms with Crippen molar-refractivity contribution in [2.45, 2.75) is 26.4 Å². The van der Waals surface area contributed by atoms with E-state index in [1.165, 1.54) is 11.3 Å². The van der Waals surface area contributed by atoms with Crippen LogP contribution in [0.4, 0.5) is 0 Å². The second kappa shape index (κ2) is 8.57. The second-order valence-corrected chi connectivity index (χ2v) is 8.56. The molecule has 0 unspecified atom stereocenters. The van der Waals surface area contributed by atoms with Gasteiger partial charge in [0.2, 0.25) is 0 Å². The van der Waals surface area contributed by atoms with E-state index in [2.05, 4.69) is 15.5 Å². The maximum absolute atomic E-state index is 12.6. The number of nitrogens with one attached hydrogen (secondary N) is 1. The Morgan fingerprint density at radius 2 is 2.14 bits per heavy atom. The van der Waals surface area contributed by atoms with Crippen molar-refractivity contribution in [1.82, 2.24) is 24.9 Å². The van der Waals surface area contributed by atoms with Gasteiger partial charge in [0.15, 0.2) is 0 Å². The van der Waals surface area contributed by atoms with Crippen LogP contribution in [0.2, 0.25) is 10.0 Å². The minimum Gasteiger partial charge on any atom is -0.351 e. The summed E-state index contributed by atoms with van der Waals surface area (Å²) in [4.78, 5) is 14.2. The van der Waals surface area contributed by atoms with E-state index in [1.807, 2.05) is 46.7 Å². The molecule has 0 aliphatic heterocycles. The number of hydrogen-bond donors (Lipinski definition) is 1. The van der Waals surface area contributed by atoms with Crippen molar-refractivity contribution in [3.63, 3.8) is 0 Å². The number of halogens is 2. The summed E-state index contributed by atoms with van der Waals surface area (Å²) in [5, 5.41) is 13.9. The van der Waals surface area contributed by atoms with E-state index in [1.54, 1.807) is 12.3 Å². The summed E-state index contributed by atoms with van der Waals surface area (Å²) in [6.45, 7) is 3.83. The van der Waals surface area contributed by atoms with E-state index in [4.69, 9.17) is 23.2 Å². The molecule has 3 aromatic heterocycles. The average Bonchev–Trinajstić information content (AvgIpc) is 3.41. The smallest absolute Gasteiger partial charge is 0.261 e. The molecule has 150 valence electrons. The zero-order valence-electron chi connectivity index (χ0n) is 15.7. The third-order valence-electron chi connectivity index (χ3n) is 4.58. The lowest BCUT2D eigenvalue weighted by Gasteiger charge is -2.06. The Hall–Kier alpha value is -2.35. The molecule has 0 fully saturated rings. The molecule has 4 rings (SSSR count). The molecule has 1 amide bonds. The summed E-state index contributed by atoms with van der Waals surface area (Å²) in [5.74, 6) is -0.0675. The van der Waals surface area contributed by atoms with Crippen LogP contribution in [0.5, 0.6) is 0 Å². The van der Waals surface area contributed by atoms with E-state index in [-0.39, 0.29) is 5.91 Å². The topological polar surface area (TPSA) is 64.7 Å². The largest absolute Gasteiger partial charge is 0.351 e. The van der Waals surface area contributed by atoms with E-state index in [9.17, 15) is 4.79 Å². The third-order valence-corrected chi connectivity index (χ3v) is 6.31. The number of aryl methyl sites for hydroxylation is 2. The van der Waals surface area contributed by atoms with Crippen LogP contribution < -0.4 is 5.32 Å². The van der Waals surface area contributed by atoms with Gasteiger partial charge in [-0.3, -0.25) is 14.2 Å². The quantitative estimate of drug-likeness (QED) is 0.414. The van der Waals surface area contributed by atoms with Crippen LogP contribution in [0, 0.1) is 6.92 Å². The number of hydrogen-bond acceptors (Lipinski definition) is 4. The van der Waals surface area contributed by atoms with E-state index < -0.39 is 0 Å². The highest BCUT2D eigenvalue weighted by Crippen LogP contribution is 2.30. The zero-order valence-corrected chi connectivity index (χ0v) is 18.1. The van der Waals surface area contributed by atoms with E-state index in [0.29, 0.717) is 28.0 Å². The summed E-state index contributed by atoms with van der Waals surface area (Å²) in [5.41, 5.74) is 1.82. The van der Waals surface area contributed by atoms with Crippen LogP contribution in [-0.4, -0.2) is 32.0 Å². The van der Waals surface area contributed by atoms with Crippen molar-refractivity contribution in [3.05, 3.63) is 68.9 Å². The number of rotatable bonds is 7. The molecule has 0 radical (unpaired) electrons. The van der Waals surface area contributed by atoms with E-state index in [0.717, 1.165) is 34.4 Å². The number of carbonyl (C=O) groups is 1. The van der Waals surface area contributed by atoms with Crippen LogP contribution in [0.1, 0.15) is 27.3 Å². The summed E-state index contributed by atoms with van der Waals surface area (Å²) in [7, 11) is 0. The molecule has 1 N–H and O–H groups in total. The normalized spacial score (nSPS) is 11.3. The third kappa shape index (κ3) is 4.47. The molecule has 9 heteroatoms. The Labute approximate surface area is 182 Å². The number of nitrogens with zero attached hydrogens (tertiary/aromatic N) is 4. The molecule has 0 aliphatic rings. The summed E-state index contributed by atoms with van der Waals surface area (Å²) in [6, 6.07) is 9.23. The molecule has 6 nitrogen and oxygen atoms in total. The van der Waals surface area contributed by atoms with Crippen LogP contribution >= 0.6 is 34.5 Å².